The molecule has 6 nitrogen and oxygen atoms in total. The summed E-state index contributed by atoms with van der Waals surface area (Å²) in [6.45, 7) is 2.79. The number of halogens is 1. The molecule has 0 aliphatic heterocycles. The fraction of sp³-hybridized carbons (Fsp3) is 0.375. The fourth-order valence-corrected chi connectivity index (χ4v) is 2.14. The Morgan fingerprint density at radius 1 is 1.39 bits per heavy atom. The summed E-state index contributed by atoms with van der Waals surface area (Å²) in [6, 6.07) is 5.97. The number of para-hydroxylation sites is 1. The van der Waals surface area contributed by atoms with Gasteiger partial charge in [-0.3, -0.25) is 0 Å². The van der Waals surface area contributed by atoms with Crippen molar-refractivity contribution in [2.75, 3.05) is 25.0 Å². The summed E-state index contributed by atoms with van der Waals surface area (Å²) in [7, 11) is 0. The third-order valence-corrected chi connectivity index (χ3v) is 3.37. The third kappa shape index (κ3) is 4.53. The molecule has 0 atom stereocenters. The molecule has 23 heavy (non-hydrogen) atoms. The van der Waals surface area contributed by atoms with Crippen molar-refractivity contribution in [1.29, 1.82) is 0 Å². The molecule has 1 aromatic heterocycles. The van der Waals surface area contributed by atoms with Gasteiger partial charge in [0.25, 0.3) is 0 Å². The van der Waals surface area contributed by atoms with E-state index in [0.717, 1.165) is 12.8 Å². The topological polar surface area (TPSA) is 70.4 Å². The number of aromatic nitrogens is 2. The van der Waals surface area contributed by atoms with Gasteiger partial charge in [0.1, 0.15) is 11.5 Å². The Kier molecular flexibility index (Phi) is 6.10. The first-order valence-electron chi connectivity index (χ1n) is 7.62. The molecule has 2 rings (SSSR count). The second-order valence-electron chi connectivity index (χ2n) is 5.12. The Morgan fingerprint density at radius 2 is 2.17 bits per heavy atom. The minimum atomic E-state index is -0.390. The second-order valence-corrected chi connectivity index (χ2v) is 5.12. The van der Waals surface area contributed by atoms with E-state index in [4.69, 9.17) is 5.11 Å². The van der Waals surface area contributed by atoms with Crippen LogP contribution in [0.2, 0.25) is 0 Å². The standard InChI is InChI=1S/C16H21FN4O2/c1-2-3-8-20(9-10-22)16(23)19-13-11-18-21(12-13)15-7-5-4-6-14(15)17/h4-7,11-12,22H,2-3,8-10H2,1H3,(H,19,23). The zero-order chi connectivity index (χ0) is 16.7. The fourth-order valence-electron chi connectivity index (χ4n) is 2.14. The molecule has 7 heteroatoms. The summed E-state index contributed by atoms with van der Waals surface area (Å²) in [4.78, 5) is 13.8. The molecule has 1 aromatic carbocycles. The van der Waals surface area contributed by atoms with Crippen LogP contribution in [-0.4, -0.2) is 45.5 Å². The van der Waals surface area contributed by atoms with Crippen LogP contribution in [0.1, 0.15) is 19.8 Å². The van der Waals surface area contributed by atoms with Crippen LogP contribution in [0.3, 0.4) is 0 Å². The highest BCUT2D eigenvalue weighted by Gasteiger charge is 2.14. The van der Waals surface area contributed by atoms with E-state index in [1.807, 2.05) is 6.92 Å². The van der Waals surface area contributed by atoms with Crippen LogP contribution in [0.25, 0.3) is 5.69 Å². The quantitative estimate of drug-likeness (QED) is 0.824. The lowest BCUT2D eigenvalue weighted by atomic mass is 10.3. The molecule has 0 unspecified atom stereocenters. The van der Waals surface area contributed by atoms with Crippen molar-refractivity contribution in [1.82, 2.24) is 14.7 Å². The molecular weight excluding hydrogens is 299 g/mol. The number of aliphatic hydroxyl groups excluding tert-OH is 1. The van der Waals surface area contributed by atoms with E-state index in [1.165, 1.54) is 16.9 Å². The molecule has 0 fully saturated rings. The Labute approximate surface area is 134 Å². The molecule has 0 bridgehead atoms. The number of aliphatic hydroxyl groups is 1. The van der Waals surface area contributed by atoms with Gasteiger partial charge in [0.15, 0.2) is 0 Å². The molecule has 2 N–H and O–H groups in total. The maximum atomic E-state index is 13.7. The highest BCUT2D eigenvalue weighted by atomic mass is 19.1. The summed E-state index contributed by atoms with van der Waals surface area (Å²) in [5.41, 5.74) is 0.781. The van der Waals surface area contributed by atoms with Gasteiger partial charge >= 0.3 is 6.03 Å². The summed E-state index contributed by atoms with van der Waals surface area (Å²) in [5.74, 6) is -0.390. The highest BCUT2D eigenvalue weighted by molar-refractivity contribution is 5.89. The Balaban J connectivity index is 2.05. The number of carbonyl (C=O) groups is 1. The Bertz CT molecular complexity index is 645. The number of unbranched alkanes of at least 4 members (excludes halogenated alkanes) is 1. The molecular formula is C16H21FN4O2. The van der Waals surface area contributed by atoms with E-state index in [-0.39, 0.29) is 19.2 Å². The lowest BCUT2D eigenvalue weighted by Gasteiger charge is -2.21. The first-order valence-corrected chi connectivity index (χ1v) is 7.62. The van der Waals surface area contributed by atoms with Crippen molar-refractivity contribution in [3.05, 3.63) is 42.5 Å². The van der Waals surface area contributed by atoms with Crippen molar-refractivity contribution in [3.8, 4) is 5.69 Å². The van der Waals surface area contributed by atoms with Gasteiger partial charge in [-0.1, -0.05) is 25.5 Å². The van der Waals surface area contributed by atoms with E-state index in [9.17, 15) is 9.18 Å². The summed E-state index contributed by atoms with van der Waals surface area (Å²) < 4.78 is 15.1. The number of benzene rings is 1. The molecule has 2 aromatic rings. The van der Waals surface area contributed by atoms with Crippen molar-refractivity contribution in [2.24, 2.45) is 0 Å². The van der Waals surface area contributed by atoms with Crippen molar-refractivity contribution >= 4 is 11.7 Å². The zero-order valence-electron chi connectivity index (χ0n) is 13.1. The van der Waals surface area contributed by atoms with Crippen LogP contribution < -0.4 is 5.32 Å². The number of rotatable bonds is 7. The summed E-state index contributed by atoms with van der Waals surface area (Å²) >= 11 is 0. The average molecular weight is 320 g/mol. The third-order valence-electron chi connectivity index (χ3n) is 3.37. The normalized spacial score (nSPS) is 10.6. The first kappa shape index (κ1) is 17.0. The molecule has 124 valence electrons. The predicted octanol–water partition coefficient (Wildman–Crippen LogP) is 2.64. The van der Waals surface area contributed by atoms with Crippen LogP contribution in [0, 0.1) is 5.82 Å². The van der Waals surface area contributed by atoms with E-state index >= 15 is 0 Å². The maximum absolute atomic E-state index is 13.7. The number of carbonyl (C=O) groups excluding carboxylic acids is 1. The van der Waals surface area contributed by atoms with Gasteiger partial charge < -0.3 is 15.3 Å². The largest absolute Gasteiger partial charge is 0.395 e. The number of anilines is 1. The van der Waals surface area contributed by atoms with Crippen molar-refractivity contribution in [2.45, 2.75) is 19.8 Å². The zero-order valence-corrected chi connectivity index (χ0v) is 13.1. The van der Waals surface area contributed by atoms with E-state index in [1.54, 1.807) is 29.3 Å². The number of nitrogens with zero attached hydrogens (tertiary/aromatic N) is 3. The van der Waals surface area contributed by atoms with Gasteiger partial charge in [0.2, 0.25) is 0 Å². The van der Waals surface area contributed by atoms with Crippen LogP contribution in [0.15, 0.2) is 36.7 Å². The SMILES string of the molecule is CCCCN(CCO)C(=O)Nc1cnn(-c2ccccc2F)c1. The van der Waals surface area contributed by atoms with E-state index in [2.05, 4.69) is 10.4 Å². The smallest absolute Gasteiger partial charge is 0.322 e. The highest BCUT2D eigenvalue weighted by Crippen LogP contribution is 2.15. The van der Waals surface area contributed by atoms with Gasteiger partial charge in [0, 0.05) is 13.1 Å². The monoisotopic (exact) mass is 320 g/mol. The van der Waals surface area contributed by atoms with Gasteiger partial charge in [-0.25, -0.2) is 13.9 Å². The minimum absolute atomic E-state index is 0.0916. The maximum Gasteiger partial charge on any atom is 0.322 e. The number of hydrogen-bond acceptors (Lipinski definition) is 3. The van der Waals surface area contributed by atoms with Gasteiger partial charge in [-0.05, 0) is 18.6 Å². The van der Waals surface area contributed by atoms with E-state index < -0.39 is 5.82 Å². The van der Waals surface area contributed by atoms with Crippen molar-refractivity contribution < 1.29 is 14.3 Å². The van der Waals surface area contributed by atoms with Crippen molar-refractivity contribution in [3.63, 3.8) is 0 Å². The lowest BCUT2D eigenvalue weighted by Crippen LogP contribution is -2.37. The number of amides is 2. The van der Waals surface area contributed by atoms with Gasteiger partial charge in [-0.2, -0.15) is 5.10 Å². The first-order chi connectivity index (χ1) is 11.2. The van der Waals surface area contributed by atoms with Gasteiger partial charge in [-0.15, -0.1) is 0 Å². The Morgan fingerprint density at radius 3 is 2.87 bits per heavy atom. The average Bonchev–Trinajstić information content (AvgIpc) is 3.00. The Hall–Kier alpha value is -2.41. The second kappa shape index (κ2) is 8.28. The molecule has 0 aliphatic carbocycles. The molecule has 0 radical (unpaired) electrons. The number of urea groups is 1. The van der Waals surface area contributed by atoms with Crippen LogP contribution >= 0.6 is 0 Å². The molecule has 0 spiro atoms. The summed E-state index contributed by atoms with van der Waals surface area (Å²) in [6.07, 6.45) is 4.83. The molecule has 0 saturated carbocycles. The lowest BCUT2D eigenvalue weighted by molar-refractivity contribution is 0.187. The van der Waals surface area contributed by atoms with Crippen LogP contribution in [0.4, 0.5) is 14.9 Å². The van der Waals surface area contributed by atoms with Crippen LogP contribution in [-0.2, 0) is 0 Å². The number of hydrogen-bond donors (Lipinski definition) is 2. The number of nitrogens with one attached hydrogen (secondary N) is 1. The summed E-state index contributed by atoms with van der Waals surface area (Å²) in [5, 5.41) is 15.8. The predicted molar refractivity (Wildman–Crippen MR) is 86.1 cm³/mol. The molecule has 0 saturated heterocycles. The molecule has 2 amide bonds. The molecule has 1 heterocycles. The van der Waals surface area contributed by atoms with E-state index in [0.29, 0.717) is 17.9 Å². The van der Waals surface area contributed by atoms with Crippen LogP contribution in [0.5, 0.6) is 0 Å². The minimum Gasteiger partial charge on any atom is -0.395 e. The van der Waals surface area contributed by atoms with Gasteiger partial charge in [0.05, 0.1) is 24.7 Å². The molecule has 0 aliphatic rings.